The van der Waals surface area contributed by atoms with Crippen molar-refractivity contribution < 1.29 is 14.3 Å². The number of hydrogen-bond acceptors (Lipinski definition) is 4. The number of nitrogens with two attached hydrogens (primary N) is 1. The number of thioether (sulfide) groups is 1. The zero-order chi connectivity index (χ0) is 13.1. The van der Waals surface area contributed by atoms with Gasteiger partial charge in [-0.2, -0.15) is 11.8 Å². The van der Waals surface area contributed by atoms with Gasteiger partial charge in [0.25, 0.3) is 0 Å². The molecule has 0 aromatic rings. The van der Waals surface area contributed by atoms with Crippen molar-refractivity contribution in [3.05, 3.63) is 12.2 Å². The molecule has 2 amide bonds. The number of nitrogens with one attached hydrogen (secondary N) is 1. The van der Waals surface area contributed by atoms with Crippen molar-refractivity contribution in [3.63, 3.8) is 0 Å². The molecule has 0 aliphatic rings. The third-order valence-corrected chi connectivity index (χ3v) is 2.62. The molecule has 0 saturated heterocycles. The molecule has 0 bridgehead atoms. The summed E-state index contributed by atoms with van der Waals surface area (Å²) in [5.74, 6) is 0.459. The Bertz CT molecular complexity index is 269. The summed E-state index contributed by atoms with van der Waals surface area (Å²) in [6, 6.07) is 0. The van der Waals surface area contributed by atoms with Crippen molar-refractivity contribution in [3.8, 4) is 0 Å². The van der Waals surface area contributed by atoms with Crippen LogP contribution < -0.4 is 11.1 Å². The maximum Gasteiger partial charge on any atom is 0.227 e. The highest BCUT2D eigenvalue weighted by Crippen LogP contribution is 2.00. The first kappa shape index (κ1) is 16.0. The summed E-state index contributed by atoms with van der Waals surface area (Å²) in [4.78, 5) is 21.7. The fraction of sp³-hybridized carbons (Fsp3) is 0.636. The quantitative estimate of drug-likeness (QED) is 0.437. The van der Waals surface area contributed by atoms with E-state index in [1.165, 1.54) is 11.8 Å². The third kappa shape index (κ3) is 12.9. The minimum Gasteiger partial charge on any atom is -0.375 e. The van der Waals surface area contributed by atoms with Gasteiger partial charge in [0.15, 0.2) is 0 Å². The van der Waals surface area contributed by atoms with Gasteiger partial charge >= 0.3 is 0 Å². The SMILES string of the molecule is C=C(C)COCCNC(=O)CCSCC(N)=O. The largest absolute Gasteiger partial charge is 0.375 e. The number of carbonyl (C=O) groups is 2. The van der Waals surface area contributed by atoms with Crippen LogP contribution in [-0.4, -0.2) is 43.1 Å². The summed E-state index contributed by atoms with van der Waals surface area (Å²) in [5, 5.41) is 2.72. The summed E-state index contributed by atoms with van der Waals surface area (Å²) in [7, 11) is 0. The topological polar surface area (TPSA) is 81.4 Å². The molecule has 0 aromatic carbocycles. The number of hydrogen-bond donors (Lipinski definition) is 2. The van der Waals surface area contributed by atoms with Crippen LogP contribution in [0, 0.1) is 0 Å². The molecule has 0 aromatic heterocycles. The second kappa shape index (κ2) is 10.2. The smallest absolute Gasteiger partial charge is 0.227 e. The zero-order valence-corrected chi connectivity index (χ0v) is 11.0. The lowest BCUT2D eigenvalue weighted by Crippen LogP contribution is -2.27. The highest BCUT2D eigenvalue weighted by atomic mass is 32.2. The minimum atomic E-state index is -0.358. The predicted octanol–water partition coefficient (Wildman–Crippen LogP) is 0.304. The number of amides is 2. The molecule has 0 rings (SSSR count). The van der Waals surface area contributed by atoms with Gasteiger partial charge in [0.1, 0.15) is 0 Å². The van der Waals surface area contributed by atoms with Crippen molar-refractivity contribution >= 4 is 23.6 Å². The number of rotatable bonds is 10. The molecule has 0 fully saturated rings. The molecule has 0 aliphatic carbocycles. The van der Waals surface area contributed by atoms with E-state index in [0.29, 0.717) is 31.9 Å². The van der Waals surface area contributed by atoms with Crippen molar-refractivity contribution in [2.24, 2.45) is 5.73 Å². The van der Waals surface area contributed by atoms with E-state index in [0.717, 1.165) is 5.57 Å². The number of carbonyl (C=O) groups excluding carboxylic acids is 2. The first-order valence-electron chi connectivity index (χ1n) is 5.37. The molecule has 3 N–H and O–H groups in total. The number of ether oxygens (including phenoxy) is 1. The normalized spacial score (nSPS) is 9.94. The monoisotopic (exact) mass is 260 g/mol. The number of primary amides is 1. The van der Waals surface area contributed by atoms with E-state index in [4.69, 9.17) is 10.5 Å². The van der Waals surface area contributed by atoms with Gasteiger partial charge in [-0.15, -0.1) is 0 Å². The summed E-state index contributed by atoms with van der Waals surface area (Å²) >= 11 is 1.36. The van der Waals surface area contributed by atoms with E-state index in [9.17, 15) is 9.59 Å². The molecule has 6 heteroatoms. The van der Waals surface area contributed by atoms with Crippen molar-refractivity contribution in [1.29, 1.82) is 0 Å². The molecule has 0 radical (unpaired) electrons. The van der Waals surface area contributed by atoms with Crippen LogP contribution in [0.5, 0.6) is 0 Å². The van der Waals surface area contributed by atoms with Gasteiger partial charge < -0.3 is 15.8 Å². The van der Waals surface area contributed by atoms with Crippen LogP contribution in [-0.2, 0) is 14.3 Å². The van der Waals surface area contributed by atoms with Crippen LogP contribution in [0.4, 0.5) is 0 Å². The van der Waals surface area contributed by atoms with Gasteiger partial charge in [-0.05, 0) is 6.92 Å². The standard InChI is InChI=1S/C11H20N2O3S/c1-9(2)7-16-5-4-13-11(15)3-6-17-8-10(12)14/h1,3-8H2,2H3,(H2,12,14)(H,13,15). The van der Waals surface area contributed by atoms with E-state index in [2.05, 4.69) is 11.9 Å². The van der Waals surface area contributed by atoms with Crippen LogP contribution in [0.15, 0.2) is 12.2 Å². The van der Waals surface area contributed by atoms with Gasteiger partial charge in [0.2, 0.25) is 11.8 Å². The van der Waals surface area contributed by atoms with Crippen LogP contribution >= 0.6 is 11.8 Å². The molecule has 5 nitrogen and oxygen atoms in total. The van der Waals surface area contributed by atoms with Crippen molar-refractivity contribution in [2.75, 3.05) is 31.3 Å². The molecule has 98 valence electrons. The maximum absolute atomic E-state index is 11.3. The molecule has 17 heavy (non-hydrogen) atoms. The lowest BCUT2D eigenvalue weighted by molar-refractivity contribution is -0.121. The molecule has 0 heterocycles. The van der Waals surface area contributed by atoms with Gasteiger partial charge in [0.05, 0.1) is 19.0 Å². The summed E-state index contributed by atoms with van der Waals surface area (Å²) in [6.07, 6.45) is 0.387. The molecule has 0 saturated carbocycles. The van der Waals surface area contributed by atoms with Gasteiger partial charge in [0, 0.05) is 18.7 Å². The molecule has 0 unspecified atom stereocenters. The fourth-order valence-corrected chi connectivity index (χ4v) is 1.61. The van der Waals surface area contributed by atoms with Crippen LogP contribution in [0.1, 0.15) is 13.3 Å². The third-order valence-electron chi connectivity index (χ3n) is 1.63. The first-order valence-corrected chi connectivity index (χ1v) is 6.52. The Morgan fingerprint density at radius 3 is 2.76 bits per heavy atom. The maximum atomic E-state index is 11.3. The Morgan fingerprint density at radius 1 is 1.47 bits per heavy atom. The lowest BCUT2D eigenvalue weighted by Gasteiger charge is -2.06. The van der Waals surface area contributed by atoms with E-state index < -0.39 is 0 Å². The van der Waals surface area contributed by atoms with Crippen LogP contribution in [0.3, 0.4) is 0 Å². The van der Waals surface area contributed by atoms with Gasteiger partial charge in [-0.1, -0.05) is 12.2 Å². The lowest BCUT2D eigenvalue weighted by atomic mass is 10.4. The van der Waals surface area contributed by atoms with Crippen LogP contribution in [0.2, 0.25) is 0 Å². The van der Waals surface area contributed by atoms with Crippen molar-refractivity contribution in [1.82, 2.24) is 5.32 Å². The molecule has 0 aliphatic heterocycles. The Morgan fingerprint density at radius 2 is 2.18 bits per heavy atom. The Labute approximate surface area is 106 Å². The molecule has 0 atom stereocenters. The summed E-state index contributed by atoms with van der Waals surface area (Å²) < 4.78 is 5.22. The Balaban J connectivity index is 3.29. The van der Waals surface area contributed by atoms with Crippen LogP contribution in [0.25, 0.3) is 0 Å². The zero-order valence-electron chi connectivity index (χ0n) is 10.2. The van der Waals surface area contributed by atoms with Gasteiger partial charge in [-0.3, -0.25) is 9.59 Å². The highest BCUT2D eigenvalue weighted by Gasteiger charge is 2.01. The van der Waals surface area contributed by atoms with E-state index in [1.807, 2.05) is 6.92 Å². The Kier molecular flexibility index (Phi) is 9.56. The van der Waals surface area contributed by atoms with E-state index in [-0.39, 0.29) is 17.6 Å². The molecule has 0 spiro atoms. The average molecular weight is 260 g/mol. The molecular weight excluding hydrogens is 240 g/mol. The van der Waals surface area contributed by atoms with Gasteiger partial charge in [-0.25, -0.2) is 0 Å². The summed E-state index contributed by atoms with van der Waals surface area (Å²) in [6.45, 7) is 7.07. The minimum absolute atomic E-state index is 0.0408. The fourth-order valence-electron chi connectivity index (χ4n) is 0.935. The summed E-state index contributed by atoms with van der Waals surface area (Å²) in [5.41, 5.74) is 5.92. The average Bonchev–Trinajstić information content (AvgIpc) is 2.23. The first-order chi connectivity index (χ1) is 8.02. The molecular formula is C11H20N2O3S. The van der Waals surface area contributed by atoms with E-state index >= 15 is 0 Å². The predicted molar refractivity (Wildman–Crippen MR) is 69.8 cm³/mol. The highest BCUT2D eigenvalue weighted by molar-refractivity contribution is 7.99. The van der Waals surface area contributed by atoms with E-state index in [1.54, 1.807) is 0 Å². The second-order valence-electron chi connectivity index (χ2n) is 3.63. The Hall–Kier alpha value is -1.01. The second-order valence-corrected chi connectivity index (χ2v) is 4.73. The van der Waals surface area contributed by atoms with Crippen molar-refractivity contribution in [2.45, 2.75) is 13.3 Å².